The average molecular weight is 254 g/mol. The van der Waals surface area contributed by atoms with Gasteiger partial charge in [-0.05, 0) is 44.2 Å². The van der Waals surface area contributed by atoms with Gasteiger partial charge in [0.25, 0.3) is 0 Å². The van der Waals surface area contributed by atoms with Gasteiger partial charge >= 0.3 is 0 Å². The molecule has 2 heterocycles. The minimum atomic E-state index is 0.867. The van der Waals surface area contributed by atoms with Crippen LogP contribution in [0.15, 0.2) is 0 Å². The molecule has 0 atom stereocenters. The Balaban J connectivity index is 1.70. The van der Waals surface area contributed by atoms with E-state index >= 15 is 0 Å². The number of hydrogen-bond acceptors (Lipinski definition) is 4. The smallest absolute Gasteiger partial charge is 0.147 e. The van der Waals surface area contributed by atoms with Crippen LogP contribution >= 0.6 is 11.8 Å². The van der Waals surface area contributed by atoms with Gasteiger partial charge in [0, 0.05) is 13.0 Å². The highest BCUT2D eigenvalue weighted by molar-refractivity contribution is 7.98. The number of rotatable bonds is 7. The van der Waals surface area contributed by atoms with Crippen LogP contribution in [0.1, 0.15) is 37.3 Å². The Bertz CT molecular complexity index is 337. The van der Waals surface area contributed by atoms with Crippen molar-refractivity contribution >= 4 is 11.8 Å². The molecular formula is C12H22N4S. The quantitative estimate of drug-likeness (QED) is 0.754. The second kappa shape index (κ2) is 7.01. The molecule has 0 aromatic carbocycles. The SMILES string of the molecule is CSCCCCNCc1nnc2n1CCCC2. The van der Waals surface area contributed by atoms with Crippen molar-refractivity contribution in [2.75, 3.05) is 18.6 Å². The lowest BCUT2D eigenvalue weighted by molar-refractivity contribution is 0.496. The van der Waals surface area contributed by atoms with Gasteiger partial charge in [-0.25, -0.2) is 0 Å². The summed E-state index contributed by atoms with van der Waals surface area (Å²) in [7, 11) is 0. The summed E-state index contributed by atoms with van der Waals surface area (Å²) in [5.41, 5.74) is 0. The fraction of sp³-hybridized carbons (Fsp3) is 0.833. The van der Waals surface area contributed by atoms with E-state index in [9.17, 15) is 0 Å². The lowest BCUT2D eigenvalue weighted by Crippen LogP contribution is -2.20. The molecular weight excluding hydrogens is 232 g/mol. The molecule has 1 aliphatic rings. The van der Waals surface area contributed by atoms with Gasteiger partial charge in [0.15, 0.2) is 0 Å². The minimum absolute atomic E-state index is 0.867. The van der Waals surface area contributed by atoms with Crippen molar-refractivity contribution in [1.29, 1.82) is 0 Å². The molecule has 5 heteroatoms. The molecule has 0 amide bonds. The van der Waals surface area contributed by atoms with E-state index in [4.69, 9.17) is 0 Å². The lowest BCUT2D eigenvalue weighted by atomic mass is 10.2. The molecule has 0 radical (unpaired) electrons. The lowest BCUT2D eigenvalue weighted by Gasteiger charge is -2.14. The van der Waals surface area contributed by atoms with Gasteiger partial charge in [0.2, 0.25) is 0 Å². The van der Waals surface area contributed by atoms with E-state index < -0.39 is 0 Å². The summed E-state index contributed by atoms with van der Waals surface area (Å²) in [6.07, 6.45) is 8.34. The zero-order chi connectivity index (χ0) is 11.9. The number of hydrogen-bond donors (Lipinski definition) is 1. The standard InChI is InChI=1S/C12H22N4S/c1-17-9-5-3-7-13-10-12-15-14-11-6-2-4-8-16(11)12/h13H,2-10H2,1H3. The molecule has 0 saturated carbocycles. The molecule has 4 nitrogen and oxygen atoms in total. The molecule has 1 aliphatic heterocycles. The normalized spacial score (nSPS) is 14.9. The van der Waals surface area contributed by atoms with Crippen LogP contribution in [0.4, 0.5) is 0 Å². The van der Waals surface area contributed by atoms with Crippen molar-refractivity contribution in [3.63, 3.8) is 0 Å². The molecule has 1 aromatic heterocycles. The van der Waals surface area contributed by atoms with Crippen molar-refractivity contribution in [3.05, 3.63) is 11.6 Å². The third-order valence-electron chi connectivity index (χ3n) is 3.17. The third-order valence-corrected chi connectivity index (χ3v) is 3.87. The number of aromatic nitrogens is 3. The highest BCUT2D eigenvalue weighted by Gasteiger charge is 2.14. The molecule has 0 unspecified atom stereocenters. The Morgan fingerprint density at radius 3 is 3.12 bits per heavy atom. The molecule has 96 valence electrons. The van der Waals surface area contributed by atoms with Gasteiger partial charge in [-0.3, -0.25) is 0 Å². The van der Waals surface area contributed by atoms with Crippen LogP contribution in [0.3, 0.4) is 0 Å². The van der Waals surface area contributed by atoms with Crippen LogP contribution in [-0.4, -0.2) is 33.3 Å². The molecule has 1 N–H and O–H groups in total. The minimum Gasteiger partial charge on any atom is -0.314 e. The first kappa shape index (κ1) is 12.9. The maximum Gasteiger partial charge on any atom is 0.147 e. The fourth-order valence-corrected chi connectivity index (χ4v) is 2.69. The van der Waals surface area contributed by atoms with Gasteiger partial charge in [-0.15, -0.1) is 10.2 Å². The molecule has 0 bridgehead atoms. The summed E-state index contributed by atoms with van der Waals surface area (Å²) in [6.45, 7) is 3.06. The van der Waals surface area contributed by atoms with E-state index in [0.29, 0.717) is 0 Å². The Kier molecular flexibility index (Phi) is 5.32. The fourth-order valence-electron chi connectivity index (χ4n) is 2.20. The molecule has 0 fully saturated rings. The van der Waals surface area contributed by atoms with Gasteiger partial charge in [-0.1, -0.05) is 0 Å². The van der Waals surface area contributed by atoms with Crippen molar-refractivity contribution in [3.8, 4) is 0 Å². The highest BCUT2D eigenvalue weighted by Crippen LogP contribution is 2.13. The summed E-state index contributed by atoms with van der Waals surface area (Å²) in [6, 6.07) is 0. The zero-order valence-corrected chi connectivity index (χ0v) is 11.4. The Labute approximate surface area is 108 Å². The zero-order valence-electron chi connectivity index (χ0n) is 10.6. The van der Waals surface area contributed by atoms with Crippen LogP contribution in [0.2, 0.25) is 0 Å². The molecule has 1 aromatic rings. The summed E-state index contributed by atoms with van der Waals surface area (Å²) in [4.78, 5) is 0. The van der Waals surface area contributed by atoms with Crippen LogP contribution in [-0.2, 0) is 19.5 Å². The second-order valence-corrected chi connectivity index (χ2v) is 5.50. The first-order chi connectivity index (χ1) is 8.42. The number of aryl methyl sites for hydroxylation is 1. The second-order valence-electron chi connectivity index (χ2n) is 4.52. The molecule has 0 aliphatic carbocycles. The van der Waals surface area contributed by atoms with Gasteiger partial charge < -0.3 is 9.88 Å². The van der Waals surface area contributed by atoms with Crippen molar-refractivity contribution < 1.29 is 0 Å². The van der Waals surface area contributed by atoms with E-state index in [1.54, 1.807) is 0 Å². The molecule has 2 rings (SSSR count). The topological polar surface area (TPSA) is 42.7 Å². The van der Waals surface area contributed by atoms with Crippen molar-refractivity contribution in [2.24, 2.45) is 0 Å². The maximum absolute atomic E-state index is 4.28. The van der Waals surface area contributed by atoms with Crippen LogP contribution in [0.25, 0.3) is 0 Å². The molecule has 0 saturated heterocycles. The first-order valence-electron chi connectivity index (χ1n) is 6.52. The van der Waals surface area contributed by atoms with Crippen LogP contribution in [0.5, 0.6) is 0 Å². The summed E-state index contributed by atoms with van der Waals surface area (Å²) in [5, 5.41) is 12.0. The van der Waals surface area contributed by atoms with Crippen LogP contribution in [0, 0.1) is 0 Å². The van der Waals surface area contributed by atoms with Crippen molar-refractivity contribution in [2.45, 2.75) is 45.2 Å². The Morgan fingerprint density at radius 1 is 1.29 bits per heavy atom. The number of unbranched alkanes of at least 4 members (excludes halogenated alkanes) is 1. The summed E-state index contributed by atoms with van der Waals surface area (Å²) >= 11 is 1.92. The van der Waals surface area contributed by atoms with Gasteiger partial charge in [0.05, 0.1) is 6.54 Å². The van der Waals surface area contributed by atoms with Gasteiger partial charge in [-0.2, -0.15) is 11.8 Å². The summed E-state index contributed by atoms with van der Waals surface area (Å²) in [5.74, 6) is 3.56. The van der Waals surface area contributed by atoms with Gasteiger partial charge in [0.1, 0.15) is 11.6 Å². The van der Waals surface area contributed by atoms with E-state index in [1.165, 1.54) is 37.3 Å². The number of thioether (sulfide) groups is 1. The molecule has 0 spiro atoms. The Morgan fingerprint density at radius 2 is 2.24 bits per heavy atom. The highest BCUT2D eigenvalue weighted by atomic mass is 32.2. The molecule has 17 heavy (non-hydrogen) atoms. The maximum atomic E-state index is 4.28. The predicted octanol–water partition coefficient (Wildman–Crippen LogP) is 1.85. The van der Waals surface area contributed by atoms with E-state index in [2.05, 4.69) is 26.3 Å². The monoisotopic (exact) mass is 254 g/mol. The van der Waals surface area contributed by atoms with E-state index in [1.807, 2.05) is 11.8 Å². The third kappa shape index (κ3) is 3.71. The Hall–Kier alpha value is -0.550. The number of nitrogens with zero attached hydrogens (tertiary/aromatic N) is 3. The van der Waals surface area contributed by atoms with Crippen LogP contribution < -0.4 is 5.32 Å². The first-order valence-corrected chi connectivity index (χ1v) is 7.92. The number of nitrogens with one attached hydrogen (secondary N) is 1. The summed E-state index contributed by atoms with van der Waals surface area (Å²) < 4.78 is 2.29. The van der Waals surface area contributed by atoms with E-state index in [0.717, 1.165) is 31.9 Å². The predicted molar refractivity (Wildman–Crippen MR) is 72.3 cm³/mol. The van der Waals surface area contributed by atoms with Crippen molar-refractivity contribution in [1.82, 2.24) is 20.1 Å². The van der Waals surface area contributed by atoms with E-state index in [-0.39, 0.29) is 0 Å². The average Bonchev–Trinajstić information content (AvgIpc) is 2.77. The number of fused-ring (bicyclic) bond motifs is 1. The largest absolute Gasteiger partial charge is 0.314 e.